The summed E-state index contributed by atoms with van der Waals surface area (Å²) in [6.07, 6.45) is 3.86. The first-order valence-electron chi connectivity index (χ1n) is 8.14. The number of nitrogens with zero attached hydrogens (tertiary/aromatic N) is 1. The first-order valence-corrected chi connectivity index (χ1v) is 9.72. The third-order valence-corrected chi connectivity index (χ3v) is 6.71. The highest BCUT2D eigenvalue weighted by Gasteiger charge is 2.42. The van der Waals surface area contributed by atoms with Crippen LogP contribution in [0.1, 0.15) is 39.0 Å². The molecule has 23 heavy (non-hydrogen) atoms. The number of benzene rings is 1. The van der Waals surface area contributed by atoms with Crippen LogP contribution in [0.4, 0.5) is 0 Å². The van der Waals surface area contributed by atoms with E-state index in [1.54, 1.807) is 22.3 Å². The van der Waals surface area contributed by atoms with E-state index in [-0.39, 0.29) is 0 Å². The molecule has 0 saturated carbocycles. The Kier molecular flexibility index (Phi) is 6.78. The number of hydrogen-bond donors (Lipinski definition) is 2. The summed E-state index contributed by atoms with van der Waals surface area (Å²) in [5.74, 6) is -0.528. The molecule has 1 heterocycles. The Morgan fingerprint density at radius 3 is 2.78 bits per heavy atom. The Hall–Kier alpha value is -1.20. The molecule has 1 amide bonds. The summed E-state index contributed by atoms with van der Waals surface area (Å²) in [5.41, 5.74) is 1.72. The topological polar surface area (TPSA) is 78.9 Å². The van der Waals surface area contributed by atoms with Crippen LogP contribution in [0, 0.1) is 0 Å². The van der Waals surface area contributed by atoms with Crippen LogP contribution >= 0.6 is 7.52 Å². The maximum absolute atomic E-state index is 13.7. The number of amides is 1. The average Bonchev–Trinajstić information content (AvgIpc) is 2.79. The zero-order valence-corrected chi connectivity index (χ0v) is 14.4. The molecule has 0 bridgehead atoms. The monoisotopic (exact) mass is 340 g/mol. The molecule has 2 N–H and O–H groups in total. The quantitative estimate of drug-likeness (QED) is 0.473. The van der Waals surface area contributed by atoms with E-state index in [0.29, 0.717) is 24.9 Å². The third-order valence-electron chi connectivity index (χ3n) is 4.07. The molecule has 1 aliphatic heterocycles. The predicted octanol–water partition coefficient (Wildman–Crippen LogP) is 2.68. The summed E-state index contributed by atoms with van der Waals surface area (Å²) in [6.45, 7) is 2.95. The number of nitrogens with one attached hydrogen (secondary N) is 1. The molecule has 0 aliphatic carbocycles. The van der Waals surface area contributed by atoms with Gasteiger partial charge in [-0.05, 0) is 31.4 Å². The predicted molar refractivity (Wildman–Crippen MR) is 88.8 cm³/mol. The SMILES string of the molecule is CCCCC(C(=O)NO)N1CCCCOP1(=O)c1ccccc1. The summed E-state index contributed by atoms with van der Waals surface area (Å²) in [5, 5.41) is 9.68. The molecule has 6 nitrogen and oxygen atoms in total. The Morgan fingerprint density at radius 1 is 1.39 bits per heavy atom. The van der Waals surface area contributed by atoms with Crippen LogP contribution in [0.3, 0.4) is 0 Å². The lowest BCUT2D eigenvalue weighted by atomic mass is 10.1. The molecule has 2 unspecified atom stereocenters. The summed E-state index contributed by atoms with van der Waals surface area (Å²) in [6, 6.07) is 8.36. The zero-order valence-electron chi connectivity index (χ0n) is 13.5. The molecule has 1 saturated heterocycles. The Balaban J connectivity index is 2.39. The fraction of sp³-hybridized carbons (Fsp3) is 0.562. The summed E-state index contributed by atoms with van der Waals surface area (Å²) < 4.78 is 21.1. The lowest BCUT2D eigenvalue weighted by Crippen LogP contribution is -2.46. The first kappa shape index (κ1) is 18.1. The van der Waals surface area contributed by atoms with E-state index >= 15 is 0 Å². The molecule has 0 aromatic heterocycles. The van der Waals surface area contributed by atoms with Crippen LogP contribution in [0.15, 0.2) is 30.3 Å². The van der Waals surface area contributed by atoms with Crippen molar-refractivity contribution < 1.29 is 19.1 Å². The normalized spacial score (nSPS) is 23.9. The summed E-state index contributed by atoms with van der Waals surface area (Å²) >= 11 is 0. The second-order valence-electron chi connectivity index (χ2n) is 5.69. The largest absolute Gasteiger partial charge is 0.314 e. The van der Waals surface area contributed by atoms with Crippen molar-refractivity contribution in [1.82, 2.24) is 10.2 Å². The van der Waals surface area contributed by atoms with Gasteiger partial charge >= 0.3 is 7.52 Å². The van der Waals surface area contributed by atoms with Gasteiger partial charge in [-0.15, -0.1) is 0 Å². The van der Waals surface area contributed by atoms with E-state index < -0.39 is 19.5 Å². The number of carbonyl (C=O) groups is 1. The van der Waals surface area contributed by atoms with Crippen molar-refractivity contribution in [2.75, 3.05) is 13.2 Å². The van der Waals surface area contributed by atoms with Gasteiger partial charge in [0, 0.05) is 6.54 Å². The van der Waals surface area contributed by atoms with E-state index in [0.717, 1.165) is 25.7 Å². The van der Waals surface area contributed by atoms with Gasteiger partial charge in [-0.2, -0.15) is 0 Å². The maximum Gasteiger partial charge on any atom is 0.303 e. The minimum Gasteiger partial charge on any atom is -0.314 e. The van der Waals surface area contributed by atoms with Gasteiger partial charge in [0.2, 0.25) is 0 Å². The van der Waals surface area contributed by atoms with E-state index in [2.05, 4.69) is 0 Å². The van der Waals surface area contributed by atoms with Crippen LogP contribution in [0.5, 0.6) is 0 Å². The summed E-state index contributed by atoms with van der Waals surface area (Å²) in [4.78, 5) is 12.2. The van der Waals surface area contributed by atoms with Crippen LogP contribution in [-0.2, 0) is 13.9 Å². The molecule has 2 atom stereocenters. The summed E-state index contributed by atoms with van der Waals surface area (Å²) in [7, 11) is -3.32. The highest BCUT2D eigenvalue weighted by Crippen LogP contribution is 2.53. The smallest absolute Gasteiger partial charge is 0.303 e. The molecule has 128 valence electrons. The van der Waals surface area contributed by atoms with Crippen molar-refractivity contribution in [2.24, 2.45) is 0 Å². The number of carbonyl (C=O) groups excluding carboxylic acids is 1. The van der Waals surface area contributed by atoms with Gasteiger partial charge in [0.15, 0.2) is 0 Å². The minimum atomic E-state index is -3.32. The number of hydrogen-bond acceptors (Lipinski definition) is 4. The van der Waals surface area contributed by atoms with Gasteiger partial charge in [0.25, 0.3) is 5.91 Å². The van der Waals surface area contributed by atoms with Crippen molar-refractivity contribution in [1.29, 1.82) is 0 Å². The molecular formula is C16H25N2O4P. The molecule has 1 aliphatic rings. The molecule has 1 fully saturated rings. The highest BCUT2D eigenvalue weighted by atomic mass is 31.2. The highest BCUT2D eigenvalue weighted by molar-refractivity contribution is 7.64. The lowest BCUT2D eigenvalue weighted by molar-refractivity contribution is -0.133. The molecular weight excluding hydrogens is 315 g/mol. The Bertz CT molecular complexity index is 552. The van der Waals surface area contributed by atoms with Gasteiger partial charge in [-0.3, -0.25) is 14.6 Å². The average molecular weight is 340 g/mol. The minimum absolute atomic E-state index is 0.407. The Morgan fingerprint density at radius 2 is 2.13 bits per heavy atom. The number of hydroxylamine groups is 1. The number of unbranched alkanes of at least 4 members (excludes halogenated alkanes) is 1. The van der Waals surface area contributed by atoms with E-state index in [1.807, 2.05) is 25.1 Å². The van der Waals surface area contributed by atoms with Crippen molar-refractivity contribution in [3.63, 3.8) is 0 Å². The Labute approximate surface area is 137 Å². The zero-order chi connectivity index (χ0) is 16.7. The van der Waals surface area contributed by atoms with Crippen molar-refractivity contribution >= 4 is 18.7 Å². The fourth-order valence-electron chi connectivity index (χ4n) is 2.84. The van der Waals surface area contributed by atoms with Gasteiger partial charge in [-0.25, -0.2) is 10.2 Å². The molecule has 7 heteroatoms. The van der Waals surface area contributed by atoms with Crippen LogP contribution in [0.25, 0.3) is 0 Å². The van der Waals surface area contributed by atoms with Crippen LogP contribution in [0.2, 0.25) is 0 Å². The second-order valence-corrected chi connectivity index (χ2v) is 8.02. The molecule has 2 rings (SSSR count). The van der Waals surface area contributed by atoms with E-state index in [9.17, 15) is 9.36 Å². The lowest BCUT2D eigenvalue weighted by Gasteiger charge is -2.34. The van der Waals surface area contributed by atoms with E-state index in [4.69, 9.17) is 9.73 Å². The van der Waals surface area contributed by atoms with Gasteiger partial charge in [0.05, 0.1) is 18.0 Å². The molecule has 1 aromatic carbocycles. The van der Waals surface area contributed by atoms with Gasteiger partial charge in [-0.1, -0.05) is 38.0 Å². The standard InChI is InChI=1S/C16H25N2O4P/c1-2-3-11-15(16(19)17-20)18-12-7-8-13-22-23(18,21)14-9-5-4-6-10-14/h4-6,9-10,15,20H,2-3,7-8,11-13H2,1H3,(H,17,19). The number of rotatable bonds is 6. The van der Waals surface area contributed by atoms with Gasteiger partial charge in [0.1, 0.15) is 0 Å². The van der Waals surface area contributed by atoms with Crippen LogP contribution < -0.4 is 10.8 Å². The van der Waals surface area contributed by atoms with Crippen molar-refractivity contribution in [3.05, 3.63) is 30.3 Å². The van der Waals surface area contributed by atoms with Crippen molar-refractivity contribution in [2.45, 2.75) is 45.1 Å². The maximum atomic E-state index is 13.7. The first-order chi connectivity index (χ1) is 11.1. The van der Waals surface area contributed by atoms with E-state index in [1.165, 1.54) is 0 Å². The molecule has 0 spiro atoms. The van der Waals surface area contributed by atoms with Gasteiger partial charge < -0.3 is 4.52 Å². The van der Waals surface area contributed by atoms with Crippen LogP contribution in [-0.4, -0.2) is 35.0 Å². The fourth-order valence-corrected chi connectivity index (χ4v) is 5.35. The van der Waals surface area contributed by atoms with Crippen molar-refractivity contribution in [3.8, 4) is 0 Å². The second kappa shape index (κ2) is 8.60. The molecule has 0 radical (unpaired) electrons. The third kappa shape index (κ3) is 4.21. The molecule has 1 aromatic rings.